The van der Waals surface area contributed by atoms with Crippen LogP contribution in [0.5, 0.6) is 0 Å². The number of pyridine rings is 3. The van der Waals surface area contributed by atoms with Crippen LogP contribution in [0.15, 0.2) is 41.5 Å². The molecule has 176 valence electrons. The highest BCUT2D eigenvalue weighted by Gasteiger charge is 2.18. The number of likely N-dealkylation sites (tertiary alicyclic amines) is 1. The molecule has 0 spiro atoms. The van der Waals surface area contributed by atoms with E-state index in [9.17, 15) is 9.90 Å². The van der Waals surface area contributed by atoms with E-state index >= 15 is 0 Å². The number of rotatable bonds is 7. The van der Waals surface area contributed by atoms with Crippen LogP contribution in [0.2, 0.25) is 0 Å². The van der Waals surface area contributed by atoms with E-state index in [2.05, 4.69) is 32.7 Å². The minimum Gasteiger partial charge on any atom is -0.395 e. The maximum absolute atomic E-state index is 13.1. The van der Waals surface area contributed by atoms with Crippen molar-refractivity contribution in [2.75, 3.05) is 30.3 Å². The summed E-state index contributed by atoms with van der Waals surface area (Å²) in [5.41, 5.74) is 0.763. The number of aliphatic hydroxyl groups excluding tert-OH is 1. The second-order valence-corrected chi connectivity index (χ2v) is 9.74. The Morgan fingerprint density at radius 1 is 1.09 bits per heavy atom. The van der Waals surface area contributed by atoms with Crippen LogP contribution in [-0.2, 0) is 13.1 Å². The van der Waals surface area contributed by atoms with Gasteiger partial charge in [-0.1, -0.05) is 6.42 Å². The third-order valence-corrected chi connectivity index (χ3v) is 5.73. The van der Waals surface area contributed by atoms with Crippen molar-refractivity contribution in [2.45, 2.75) is 58.7 Å². The van der Waals surface area contributed by atoms with Crippen molar-refractivity contribution in [3.63, 3.8) is 0 Å². The van der Waals surface area contributed by atoms with Crippen LogP contribution in [0.25, 0.3) is 10.8 Å². The lowest BCUT2D eigenvalue weighted by atomic mass is 10.1. The SMILES string of the molecule is CC(C)(C)Nc1nc(Nc2cc(CN3CCCCC3)ccn2)cc2ccn(CCO)c(=O)c12. The standard InChI is InChI=1S/C25H34N6O2/c1-25(2,3)29-23-22-19(8-12-31(13-14-32)24(22)33)16-21(28-23)27-20-15-18(7-9-26-20)17-30-10-5-4-6-11-30/h7-9,12,15-16,32H,4-6,10-11,13-14,17H2,1-3H3,(H2,26,27,28,29). The minimum atomic E-state index is -0.282. The van der Waals surface area contributed by atoms with Gasteiger partial charge in [0.25, 0.3) is 5.56 Å². The van der Waals surface area contributed by atoms with Crippen LogP contribution in [0.4, 0.5) is 17.5 Å². The van der Waals surface area contributed by atoms with E-state index < -0.39 is 0 Å². The van der Waals surface area contributed by atoms with Crippen molar-refractivity contribution in [1.29, 1.82) is 0 Å². The molecule has 0 unspecified atom stereocenters. The molecule has 1 aliphatic heterocycles. The van der Waals surface area contributed by atoms with E-state index in [0.717, 1.165) is 30.8 Å². The largest absolute Gasteiger partial charge is 0.395 e. The summed E-state index contributed by atoms with van der Waals surface area (Å²) in [6.07, 6.45) is 7.39. The molecule has 0 radical (unpaired) electrons. The number of anilines is 3. The van der Waals surface area contributed by atoms with Crippen LogP contribution < -0.4 is 16.2 Å². The highest BCUT2D eigenvalue weighted by atomic mass is 16.3. The average Bonchev–Trinajstić information content (AvgIpc) is 2.75. The van der Waals surface area contributed by atoms with Gasteiger partial charge in [-0.15, -0.1) is 0 Å². The molecule has 3 aromatic heterocycles. The van der Waals surface area contributed by atoms with Gasteiger partial charge in [0.2, 0.25) is 0 Å². The summed E-state index contributed by atoms with van der Waals surface area (Å²) in [6.45, 7) is 9.45. The monoisotopic (exact) mass is 450 g/mol. The first-order valence-corrected chi connectivity index (χ1v) is 11.7. The van der Waals surface area contributed by atoms with Crippen molar-refractivity contribution in [3.05, 3.63) is 52.6 Å². The molecule has 33 heavy (non-hydrogen) atoms. The zero-order valence-corrected chi connectivity index (χ0v) is 19.8. The van der Waals surface area contributed by atoms with Gasteiger partial charge in [0, 0.05) is 31.0 Å². The molecule has 0 aliphatic carbocycles. The van der Waals surface area contributed by atoms with Gasteiger partial charge >= 0.3 is 0 Å². The summed E-state index contributed by atoms with van der Waals surface area (Å²) >= 11 is 0. The molecule has 0 aromatic carbocycles. The van der Waals surface area contributed by atoms with E-state index in [1.54, 1.807) is 6.20 Å². The van der Waals surface area contributed by atoms with Crippen molar-refractivity contribution in [3.8, 4) is 0 Å². The van der Waals surface area contributed by atoms with Crippen molar-refractivity contribution < 1.29 is 5.11 Å². The smallest absolute Gasteiger partial charge is 0.262 e. The summed E-state index contributed by atoms with van der Waals surface area (Å²) in [5, 5.41) is 17.3. The highest BCUT2D eigenvalue weighted by Crippen LogP contribution is 2.26. The zero-order chi connectivity index (χ0) is 23.4. The van der Waals surface area contributed by atoms with Gasteiger partial charge in [0.1, 0.15) is 17.5 Å². The molecule has 1 aliphatic rings. The molecule has 8 nitrogen and oxygen atoms in total. The predicted molar refractivity (Wildman–Crippen MR) is 133 cm³/mol. The first-order valence-electron chi connectivity index (χ1n) is 11.7. The molecule has 3 aromatic rings. The maximum Gasteiger partial charge on any atom is 0.262 e. The van der Waals surface area contributed by atoms with E-state index in [4.69, 9.17) is 4.98 Å². The van der Waals surface area contributed by atoms with Gasteiger partial charge in [-0.3, -0.25) is 9.69 Å². The quantitative estimate of drug-likeness (QED) is 0.505. The maximum atomic E-state index is 13.1. The molecule has 0 bridgehead atoms. The number of fused-ring (bicyclic) bond motifs is 1. The first-order chi connectivity index (χ1) is 15.8. The van der Waals surface area contributed by atoms with E-state index in [1.807, 2.05) is 39.1 Å². The van der Waals surface area contributed by atoms with Crippen LogP contribution in [-0.4, -0.2) is 49.8 Å². The Balaban J connectivity index is 1.66. The van der Waals surface area contributed by atoms with Crippen molar-refractivity contribution >= 4 is 28.2 Å². The Kier molecular flexibility index (Phi) is 6.95. The lowest BCUT2D eigenvalue weighted by molar-refractivity contribution is 0.221. The third kappa shape index (κ3) is 5.89. The number of hydrogen-bond donors (Lipinski definition) is 3. The second kappa shape index (κ2) is 9.89. The summed E-state index contributed by atoms with van der Waals surface area (Å²) in [7, 11) is 0. The number of piperidine rings is 1. The Morgan fingerprint density at radius 2 is 1.88 bits per heavy atom. The normalized spacial score (nSPS) is 15.0. The van der Waals surface area contributed by atoms with E-state index in [1.165, 1.54) is 29.4 Å². The van der Waals surface area contributed by atoms with Gasteiger partial charge in [0.05, 0.1) is 12.0 Å². The van der Waals surface area contributed by atoms with Crippen LogP contribution in [0.3, 0.4) is 0 Å². The molecule has 0 saturated carbocycles. The zero-order valence-electron chi connectivity index (χ0n) is 19.8. The van der Waals surface area contributed by atoms with Gasteiger partial charge in [-0.05, 0) is 81.9 Å². The fraction of sp³-hybridized carbons (Fsp3) is 0.480. The fourth-order valence-corrected chi connectivity index (χ4v) is 4.24. The van der Waals surface area contributed by atoms with Crippen LogP contribution >= 0.6 is 0 Å². The summed E-state index contributed by atoms with van der Waals surface area (Å²) in [5.74, 6) is 1.87. The van der Waals surface area contributed by atoms with Crippen molar-refractivity contribution in [2.24, 2.45) is 0 Å². The highest BCUT2D eigenvalue weighted by molar-refractivity contribution is 5.93. The number of aliphatic hydroxyl groups is 1. The Morgan fingerprint density at radius 3 is 2.61 bits per heavy atom. The summed E-state index contributed by atoms with van der Waals surface area (Å²) in [4.78, 5) is 24.8. The van der Waals surface area contributed by atoms with Crippen LogP contribution in [0, 0.1) is 0 Å². The number of aromatic nitrogens is 3. The van der Waals surface area contributed by atoms with E-state index in [0.29, 0.717) is 17.0 Å². The van der Waals surface area contributed by atoms with E-state index in [-0.39, 0.29) is 24.2 Å². The number of hydrogen-bond acceptors (Lipinski definition) is 7. The number of nitrogens with one attached hydrogen (secondary N) is 2. The first kappa shape index (κ1) is 23.2. The molecule has 1 fully saturated rings. The lowest BCUT2D eigenvalue weighted by Gasteiger charge is -2.26. The molecule has 4 rings (SSSR count). The topological polar surface area (TPSA) is 95.3 Å². The van der Waals surface area contributed by atoms with Crippen molar-refractivity contribution in [1.82, 2.24) is 19.4 Å². The molecule has 8 heteroatoms. The molecule has 0 atom stereocenters. The van der Waals surface area contributed by atoms with Gasteiger partial charge < -0.3 is 20.3 Å². The Hall–Kier alpha value is -2.97. The number of nitrogens with zero attached hydrogens (tertiary/aromatic N) is 4. The Bertz CT molecular complexity index is 1160. The minimum absolute atomic E-state index is 0.0973. The second-order valence-electron chi connectivity index (χ2n) is 9.74. The fourth-order valence-electron chi connectivity index (χ4n) is 4.24. The lowest BCUT2D eigenvalue weighted by Crippen LogP contribution is -2.29. The predicted octanol–water partition coefficient (Wildman–Crippen LogP) is 3.72. The molecule has 3 N–H and O–H groups in total. The molecule has 1 saturated heterocycles. The molecular weight excluding hydrogens is 416 g/mol. The average molecular weight is 451 g/mol. The molecular formula is C25H34N6O2. The molecule has 4 heterocycles. The molecule has 0 amide bonds. The van der Waals surface area contributed by atoms with Gasteiger partial charge in [0.15, 0.2) is 0 Å². The Labute approximate surface area is 194 Å². The van der Waals surface area contributed by atoms with Gasteiger partial charge in [-0.25, -0.2) is 9.97 Å². The third-order valence-electron chi connectivity index (χ3n) is 5.73. The van der Waals surface area contributed by atoms with Gasteiger partial charge in [-0.2, -0.15) is 0 Å². The van der Waals surface area contributed by atoms with Crippen LogP contribution in [0.1, 0.15) is 45.6 Å². The summed E-state index contributed by atoms with van der Waals surface area (Å²) in [6, 6.07) is 7.88. The summed E-state index contributed by atoms with van der Waals surface area (Å²) < 4.78 is 1.51.